The second-order valence-electron chi connectivity index (χ2n) is 10.3. The standard InChI is InChI=1S/C32H46O2/c1-7-8-9-10-11-12-13-14-15-16-17-18-19-20-21-22-27-32(5,6)30(33)34-29-25-23-28(24-26-29)31(2,3)4/h8-9,11-12,14-15,17-18,20-21,23-26H,7,10,13,16,19,22,27H2,1-6H3/b9-8-,12-11-,15-14-,18-17-,21-20-. The predicted molar refractivity (Wildman–Crippen MR) is 148 cm³/mol. The van der Waals surface area contributed by atoms with Crippen molar-refractivity contribution in [3.05, 3.63) is 90.6 Å². The molecule has 1 aromatic carbocycles. The van der Waals surface area contributed by atoms with E-state index in [1.807, 2.05) is 38.1 Å². The molecule has 0 heterocycles. The Kier molecular flexibility index (Phi) is 13.9. The van der Waals surface area contributed by atoms with E-state index in [1.54, 1.807) is 0 Å². The van der Waals surface area contributed by atoms with E-state index < -0.39 is 5.41 Å². The van der Waals surface area contributed by atoms with E-state index in [2.05, 4.69) is 88.5 Å². The minimum absolute atomic E-state index is 0.0864. The van der Waals surface area contributed by atoms with Gasteiger partial charge in [0, 0.05) is 0 Å². The Bertz CT molecular complexity index is 840. The predicted octanol–water partition coefficient (Wildman–Crippen LogP) is 9.45. The number of hydrogen-bond acceptors (Lipinski definition) is 2. The zero-order valence-corrected chi connectivity index (χ0v) is 22.3. The highest BCUT2D eigenvalue weighted by Crippen LogP contribution is 2.28. The zero-order valence-electron chi connectivity index (χ0n) is 22.3. The van der Waals surface area contributed by atoms with Crippen LogP contribution in [0.3, 0.4) is 0 Å². The highest BCUT2D eigenvalue weighted by Gasteiger charge is 2.29. The van der Waals surface area contributed by atoms with Crippen LogP contribution in [0.2, 0.25) is 0 Å². The van der Waals surface area contributed by atoms with Gasteiger partial charge in [-0.05, 0) is 81.9 Å². The van der Waals surface area contributed by atoms with E-state index in [0.29, 0.717) is 5.75 Å². The number of esters is 1. The summed E-state index contributed by atoms with van der Waals surface area (Å²) in [5.74, 6) is 0.435. The van der Waals surface area contributed by atoms with Gasteiger partial charge in [-0.3, -0.25) is 4.79 Å². The van der Waals surface area contributed by atoms with E-state index in [-0.39, 0.29) is 11.4 Å². The fourth-order valence-corrected chi connectivity index (χ4v) is 3.18. The van der Waals surface area contributed by atoms with Crippen molar-refractivity contribution in [2.75, 3.05) is 0 Å². The van der Waals surface area contributed by atoms with Crippen LogP contribution < -0.4 is 4.74 Å². The minimum Gasteiger partial charge on any atom is -0.426 e. The van der Waals surface area contributed by atoms with Crippen molar-refractivity contribution in [1.29, 1.82) is 0 Å². The fraction of sp³-hybridized carbons (Fsp3) is 0.469. The van der Waals surface area contributed by atoms with Crippen molar-refractivity contribution in [2.24, 2.45) is 5.41 Å². The summed E-state index contributed by atoms with van der Waals surface area (Å²) in [5, 5.41) is 0. The van der Waals surface area contributed by atoms with Crippen LogP contribution in [0.1, 0.15) is 92.1 Å². The second kappa shape index (κ2) is 16.1. The monoisotopic (exact) mass is 462 g/mol. The Morgan fingerprint density at radius 2 is 1.15 bits per heavy atom. The largest absolute Gasteiger partial charge is 0.426 e. The molecule has 34 heavy (non-hydrogen) atoms. The van der Waals surface area contributed by atoms with E-state index >= 15 is 0 Å². The molecule has 0 aliphatic heterocycles. The molecule has 0 aromatic heterocycles. The molecule has 0 fully saturated rings. The first-order valence-electron chi connectivity index (χ1n) is 12.7. The van der Waals surface area contributed by atoms with E-state index in [9.17, 15) is 4.79 Å². The van der Waals surface area contributed by atoms with E-state index in [0.717, 1.165) is 44.9 Å². The van der Waals surface area contributed by atoms with E-state index in [1.165, 1.54) is 5.56 Å². The molecule has 0 radical (unpaired) electrons. The topological polar surface area (TPSA) is 26.3 Å². The lowest BCUT2D eigenvalue weighted by molar-refractivity contribution is -0.144. The number of rotatable bonds is 14. The van der Waals surface area contributed by atoms with Gasteiger partial charge in [0.05, 0.1) is 5.41 Å². The zero-order chi connectivity index (χ0) is 25.3. The average molecular weight is 463 g/mol. The molecule has 0 atom stereocenters. The number of carbonyl (C=O) groups is 1. The normalized spacial score (nSPS) is 13.4. The summed E-state index contributed by atoms with van der Waals surface area (Å²) >= 11 is 0. The SMILES string of the molecule is CC/C=C\C/C=C\C/C=C\C/C=C\C/C=C\CCC(C)(C)C(=O)Oc1ccc(C(C)(C)C)cc1. The van der Waals surface area contributed by atoms with Crippen LogP contribution in [0, 0.1) is 5.41 Å². The average Bonchev–Trinajstić information content (AvgIpc) is 2.78. The molecule has 2 nitrogen and oxygen atoms in total. The number of allylic oxidation sites excluding steroid dienone is 10. The van der Waals surface area contributed by atoms with Crippen LogP contribution >= 0.6 is 0 Å². The summed E-state index contributed by atoms with van der Waals surface area (Å²) in [5.41, 5.74) is 0.794. The van der Waals surface area contributed by atoms with Crippen molar-refractivity contribution >= 4 is 5.97 Å². The van der Waals surface area contributed by atoms with Crippen LogP contribution in [0.4, 0.5) is 0 Å². The van der Waals surface area contributed by atoms with Crippen LogP contribution in [-0.2, 0) is 10.2 Å². The lowest BCUT2D eigenvalue weighted by Crippen LogP contribution is -2.28. The smallest absolute Gasteiger partial charge is 0.316 e. The number of carbonyl (C=O) groups excluding carboxylic acids is 1. The molecule has 1 rings (SSSR count). The van der Waals surface area contributed by atoms with Crippen LogP contribution in [0.25, 0.3) is 0 Å². The highest BCUT2D eigenvalue weighted by atomic mass is 16.5. The molecule has 2 heteroatoms. The molecule has 1 aromatic rings. The number of benzene rings is 1. The highest BCUT2D eigenvalue weighted by molar-refractivity contribution is 5.78. The Morgan fingerprint density at radius 1 is 0.706 bits per heavy atom. The Balaban J connectivity index is 2.26. The van der Waals surface area contributed by atoms with Crippen molar-refractivity contribution in [2.45, 2.75) is 91.9 Å². The Labute approximate surface area is 209 Å². The molecule has 0 spiro atoms. The van der Waals surface area contributed by atoms with Crippen LogP contribution in [0.5, 0.6) is 5.75 Å². The number of ether oxygens (including phenoxy) is 1. The molecule has 0 aliphatic rings. The molecule has 0 N–H and O–H groups in total. The maximum absolute atomic E-state index is 12.6. The lowest BCUT2D eigenvalue weighted by Gasteiger charge is -2.22. The third kappa shape index (κ3) is 13.2. The van der Waals surface area contributed by atoms with Crippen molar-refractivity contribution in [3.63, 3.8) is 0 Å². The molecule has 0 unspecified atom stereocenters. The first-order chi connectivity index (χ1) is 16.2. The molecular formula is C32H46O2. The Morgan fingerprint density at radius 3 is 1.59 bits per heavy atom. The van der Waals surface area contributed by atoms with Crippen molar-refractivity contribution < 1.29 is 9.53 Å². The quantitative estimate of drug-likeness (QED) is 0.156. The maximum Gasteiger partial charge on any atom is 0.316 e. The summed E-state index contributed by atoms with van der Waals surface area (Å²) in [7, 11) is 0. The van der Waals surface area contributed by atoms with Gasteiger partial charge in [0.25, 0.3) is 0 Å². The van der Waals surface area contributed by atoms with Crippen LogP contribution in [-0.4, -0.2) is 5.97 Å². The summed E-state index contributed by atoms with van der Waals surface area (Å²) in [4.78, 5) is 12.6. The molecule has 0 saturated carbocycles. The first kappa shape index (κ1) is 29.4. The van der Waals surface area contributed by atoms with Gasteiger partial charge in [0.2, 0.25) is 0 Å². The maximum atomic E-state index is 12.6. The van der Waals surface area contributed by atoms with Crippen molar-refractivity contribution in [3.8, 4) is 5.75 Å². The summed E-state index contributed by atoms with van der Waals surface area (Å²) in [6.07, 6.45) is 28.6. The van der Waals surface area contributed by atoms with Gasteiger partial charge >= 0.3 is 5.97 Å². The second-order valence-corrected chi connectivity index (χ2v) is 10.3. The van der Waals surface area contributed by atoms with Gasteiger partial charge in [0.15, 0.2) is 0 Å². The summed E-state index contributed by atoms with van der Waals surface area (Å²) < 4.78 is 5.64. The van der Waals surface area contributed by atoms with Gasteiger partial charge in [-0.15, -0.1) is 0 Å². The van der Waals surface area contributed by atoms with Gasteiger partial charge in [-0.2, -0.15) is 0 Å². The van der Waals surface area contributed by atoms with Gasteiger partial charge in [0.1, 0.15) is 5.75 Å². The van der Waals surface area contributed by atoms with Gasteiger partial charge < -0.3 is 4.74 Å². The third-order valence-corrected chi connectivity index (χ3v) is 5.58. The lowest BCUT2D eigenvalue weighted by atomic mass is 9.87. The minimum atomic E-state index is -0.519. The molecule has 0 bridgehead atoms. The molecule has 0 aliphatic carbocycles. The Hall–Kier alpha value is -2.61. The molecule has 186 valence electrons. The molecular weight excluding hydrogens is 416 g/mol. The van der Waals surface area contributed by atoms with Crippen molar-refractivity contribution in [1.82, 2.24) is 0 Å². The molecule has 0 amide bonds. The van der Waals surface area contributed by atoms with Gasteiger partial charge in [-0.1, -0.05) is 101 Å². The number of hydrogen-bond donors (Lipinski definition) is 0. The molecule has 0 saturated heterocycles. The summed E-state index contributed by atoms with van der Waals surface area (Å²) in [6.45, 7) is 12.6. The third-order valence-electron chi connectivity index (χ3n) is 5.58. The van der Waals surface area contributed by atoms with Crippen LogP contribution in [0.15, 0.2) is 85.0 Å². The summed E-state index contributed by atoms with van der Waals surface area (Å²) in [6, 6.07) is 7.84. The van der Waals surface area contributed by atoms with E-state index in [4.69, 9.17) is 4.74 Å². The van der Waals surface area contributed by atoms with Gasteiger partial charge in [-0.25, -0.2) is 0 Å². The first-order valence-corrected chi connectivity index (χ1v) is 12.7. The fourth-order valence-electron chi connectivity index (χ4n) is 3.18.